The van der Waals surface area contributed by atoms with Crippen LogP contribution in [0.4, 0.5) is 0 Å². The molecule has 0 saturated heterocycles. The van der Waals surface area contributed by atoms with Gasteiger partial charge in [-0.15, -0.1) is 0 Å². The predicted molar refractivity (Wildman–Crippen MR) is 69.3 cm³/mol. The number of amides is 1. The maximum absolute atomic E-state index is 12.0. The normalized spacial score (nSPS) is 29.5. The molecule has 1 fully saturated rings. The van der Waals surface area contributed by atoms with Crippen LogP contribution in [0.5, 0.6) is 0 Å². The highest BCUT2D eigenvalue weighted by molar-refractivity contribution is 7.98. The summed E-state index contributed by atoms with van der Waals surface area (Å²) in [4.78, 5) is 13.1. The smallest absolute Gasteiger partial charge is 0.233 e. The van der Waals surface area contributed by atoms with Crippen LogP contribution >= 0.6 is 11.9 Å². The van der Waals surface area contributed by atoms with Crippen LogP contribution in [0, 0.1) is 17.8 Å². The fraction of sp³-hybridized carbons (Fsp3) is 0.357. The lowest BCUT2D eigenvalue weighted by Gasteiger charge is -2.16. The average Bonchev–Trinajstić information content (AvgIpc) is 2.99. The monoisotopic (exact) mass is 245 g/mol. The van der Waals surface area contributed by atoms with E-state index in [2.05, 4.69) is 16.9 Å². The summed E-state index contributed by atoms with van der Waals surface area (Å²) < 4.78 is 2.97. The minimum atomic E-state index is 0.190. The number of allylic oxidation sites excluding steroid dienone is 2. The maximum Gasteiger partial charge on any atom is 0.233 e. The van der Waals surface area contributed by atoms with Crippen molar-refractivity contribution < 1.29 is 4.79 Å². The molecule has 3 heteroatoms. The van der Waals surface area contributed by atoms with E-state index in [9.17, 15) is 4.79 Å². The minimum Gasteiger partial charge on any atom is -0.296 e. The van der Waals surface area contributed by atoms with E-state index in [0.717, 1.165) is 11.3 Å². The summed E-state index contributed by atoms with van der Waals surface area (Å²) in [6, 6.07) is 9.95. The molecule has 0 aliphatic heterocycles. The number of fused-ring (bicyclic) bond motifs is 2. The van der Waals surface area contributed by atoms with Gasteiger partial charge in [-0.05, 0) is 48.8 Å². The van der Waals surface area contributed by atoms with Gasteiger partial charge in [0.2, 0.25) is 5.91 Å². The Bertz CT molecular complexity index is 443. The number of rotatable bonds is 3. The number of nitrogens with one attached hydrogen (secondary N) is 1. The van der Waals surface area contributed by atoms with Gasteiger partial charge in [-0.3, -0.25) is 9.52 Å². The standard InChI is InChI=1S/C14H15NOS/c16-14(13-9-10-6-7-11(13)8-10)15-17-12-4-2-1-3-5-12/h1-7,10-11,13H,8-9H2,(H,15,16). The molecule has 2 bridgehead atoms. The van der Waals surface area contributed by atoms with Crippen LogP contribution in [0.1, 0.15) is 12.8 Å². The molecule has 2 aliphatic carbocycles. The summed E-state index contributed by atoms with van der Waals surface area (Å²) in [7, 11) is 0. The Balaban J connectivity index is 1.56. The second kappa shape index (κ2) is 4.57. The zero-order valence-corrected chi connectivity index (χ0v) is 10.3. The van der Waals surface area contributed by atoms with E-state index in [0.29, 0.717) is 11.8 Å². The molecular weight excluding hydrogens is 230 g/mol. The molecule has 88 valence electrons. The van der Waals surface area contributed by atoms with E-state index in [4.69, 9.17) is 0 Å². The topological polar surface area (TPSA) is 29.1 Å². The van der Waals surface area contributed by atoms with Crippen LogP contribution in [-0.2, 0) is 4.79 Å². The summed E-state index contributed by atoms with van der Waals surface area (Å²) >= 11 is 1.42. The largest absolute Gasteiger partial charge is 0.296 e. The highest BCUT2D eigenvalue weighted by Gasteiger charge is 2.39. The summed E-state index contributed by atoms with van der Waals surface area (Å²) in [5.41, 5.74) is 0. The van der Waals surface area contributed by atoms with Gasteiger partial charge >= 0.3 is 0 Å². The average molecular weight is 245 g/mol. The van der Waals surface area contributed by atoms with Crippen molar-refractivity contribution in [2.75, 3.05) is 0 Å². The molecule has 1 saturated carbocycles. The van der Waals surface area contributed by atoms with E-state index in [-0.39, 0.29) is 11.8 Å². The molecule has 1 N–H and O–H groups in total. The highest BCUT2D eigenvalue weighted by Crippen LogP contribution is 2.43. The molecular formula is C14H15NOS. The molecule has 1 amide bonds. The molecule has 2 aliphatic rings. The van der Waals surface area contributed by atoms with Crippen LogP contribution in [0.2, 0.25) is 0 Å². The molecule has 0 aromatic heterocycles. The lowest BCUT2D eigenvalue weighted by molar-refractivity contribution is -0.123. The highest BCUT2D eigenvalue weighted by atomic mass is 32.2. The molecule has 1 aromatic carbocycles. The summed E-state index contributed by atoms with van der Waals surface area (Å²) in [5.74, 6) is 1.52. The van der Waals surface area contributed by atoms with Crippen molar-refractivity contribution in [2.45, 2.75) is 17.7 Å². The van der Waals surface area contributed by atoms with Crippen molar-refractivity contribution in [2.24, 2.45) is 17.8 Å². The van der Waals surface area contributed by atoms with E-state index in [1.165, 1.54) is 18.4 Å². The third-order valence-electron chi connectivity index (χ3n) is 3.63. The Morgan fingerprint density at radius 3 is 2.65 bits per heavy atom. The van der Waals surface area contributed by atoms with Gasteiger partial charge in [-0.1, -0.05) is 30.4 Å². The number of carbonyl (C=O) groups excluding carboxylic acids is 1. The van der Waals surface area contributed by atoms with Crippen LogP contribution in [0.15, 0.2) is 47.4 Å². The van der Waals surface area contributed by atoms with Crippen molar-refractivity contribution in [3.8, 4) is 0 Å². The molecule has 17 heavy (non-hydrogen) atoms. The van der Waals surface area contributed by atoms with Gasteiger partial charge in [0, 0.05) is 10.8 Å². The Hall–Kier alpha value is -1.22. The molecule has 0 radical (unpaired) electrons. The van der Waals surface area contributed by atoms with Crippen molar-refractivity contribution in [3.63, 3.8) is 0 Å². The Labute approximate surface area is 106 Å². The molecule has 0 spiro atoms. The lowest BCUT2D eigenvalue weighted by atomic mass is 9.93. The summed E-state index contributed by atoms with van der Waals surface area (Å²) in [6.07, 6.45) is 6.68. The first-order valence-electron chi connectivity index (χ1n) is 6.03. The third-order valence-corrected chi connectivity index (χ3v) is 4.44. The number of benzene rings is 1. The van der Waals surface area contributed by atoms with E-state index < -0.39 is 0 Å². The quantitative estimate of drug-likeness (QED) is 0.655. The third kappa shape index (κ3) is 2.25. The second-order valence-electron chi connectivity index (χ2n) is 4.77. The Kier molecular flexibility index (Phi) is 2.93. The van der Waals surface area contributed by atoms with Gasteiger partial charge < -0.3 is 0 Å². The molecule has 0 heterocycles. The molecule has 3 unspecified atom stereocenters. The fourth-order valence-electron chi connectivity index (χ4n) is 2.76. The van der Waals surface area contributed by atoms with Gasteiger partial charge in [-0.2, -0.15) is 0 Å². The van der Waals surface area contributed by atoms with E-state index in [1.54, 1.807) is 0 Å². The lowest BCUT2D eigenvalue weighted by Crippen LogP contribution is -2.28. The minimum absolute atomic E-state index is 0.190. The molecule has 3 atom stereocenters. The summed E-state index contributed by atoms with van der Waals surface area (Å²) in [5, 5.41) is 0. The van der Waals surface area contributed by atoms with Crippen molar-refractivity contribution in [3.05, 3.63) is 42.5 Å². The zero-order valence-electron chi connectivity index (χ0n) is 9.50. The molecule has 2 nitrogen and oxygen atoms in total. The molecule has 3 rings (SSSR count). The summed E-state index contributed by atoms with van der Waals surface area (Å²) in [6.45, 7) is 0. The number of hydrogen-bond acceptors (Lipinski definition) is 2. The van der Waals surface area contributed by atoms with Gasteiger partial charge in [0.25, 0.3) is 0 Å². The van der Waals surface area contributed by atoms with Gasteiger partial charge in [-0.25, -0.2) is 0 Å². The van der Waals surface area contributed by atoms with Gasteiger partial charge in [0.05, 0.1) is 0 Å². The van der Waals surface area contributed by atoms with Crippen molar-refractivity contribution in [1.82, 2.24) is 4.72 Å². The number of carbonyl (C=O) groups is 1. The fourth-order valence-corrected chi connectivity index (χ4v) is 3.42. The van der Waals surface area contributed by atoms with Gasteiger partial charge in [0.15, 0.2) is 0 Å². The molecule has 1 aromatic rings. The van der Waals surface area contributed by atoms with Crippen molar-refractivity contribution >= 4 is 17.9 Å². The first-order chi connectivity index (χ1) is 8.33. The van der Waals surface area contributed by atoms with Crippen LogP contribution < -0.4 is 4.72 Å². The first-order valence-corrected chi connectivity index (χ1v) is 6.84. The SMILES string of the molecule is O=C(NSc1ccccc1)C1CC2C=CC1C2. The van der Waals surface area contributed by atoms with Crippen LogP contribution in [-0.4, -0.2) is 5.91 Å². The van der Waals surface area contributed by atoms with Gasteiger partial charge in [0.1, 0.15) is 0 Å². The number of hydrogen-bond donors (Lipinski definition) is 1. The van der Waals surface area contributed by atoms with Crippen molar-refractivity contribution in [1.29, 1.82) is 0 Å². The maximum atomic E-state index is 12.0. The second-order valence-corrected chi connectivity index (χ2v) is 5.65. The van der Waals surface area contributed by atoms with Crippen LogP contribution in [0.3, 0.4) is 0 Å². The van der Waals surface area contributed by atoms with E-state index >= 15 is 0 Å². The van der Waals surface area contributed by atoms with Crippen LogP contribution in [0.25, 0.3) is 0 Å². The Morgan fingerprint density at radius 1 is 1.18 bits per heavy atom. The zero-order chi connectivity index (χ0) is 11.7. The first kappa shape index (κ1) is 10.9. The predicted octanol–water partition coefficient (Wildman–Crippen LogP) is 3.02. The Morgan fingerprint density at radius 2 is 2.00 bits per heavy atom. The van der Waals surface area contributed by atoms with E-state index in [1.807, 2.05) is 30.3 Å².